The fourth-order valence-electron chi connectivity index (χ4n) is 2.19. The average molecular weight is 385 g/mol. The molecule has 0 saturated carbocycles. The van der Waals surface area contributed by atoms with Crippen LogP contribution in [0.25, 0.3) is 6.08 Å². The topological polar surface area (TPSA) is 67.8 Å². The summed E-state index contributed by atoms with van der Waals surface area (Å²) >= 11 is 3.39. The molecule has 24 heavy (non-hydrogen) atoms. The van der Waals surface area contributed by atoms with E-state index in [2.05, 4.69) is 26.2 Å². The molecule has 1 aliphatic heterocycles. The molecule has 0 fully saturated rings. The van der Waals surface area contributed by atoms with E-state index in [9.17, 15) is 9.59 Å². The minimum absolute atomic E-state index is 0.147. The van der Waals surface area contributed by atoms with Crippen LogP contribution >= 0.6 is 15.9 Å². The molecule has 1 amide bonds. The van der Waals surface area contributed by atoms with E-state index >= 15 is 0 Å². The van der Waals surface area contributed by atoms with Gasteiger partial charge in [0, 0.05) is 22.6 Å². The molecule has 1 aliphatic rings. The highest BCUT2D eigenvalue weighted by Crippen LogP contribution is 2.21. The molecular formula is C18H13BrN2O3. The van der Waals surface area contributed by atoms with Gasteiger partial charge in [-0.05, 0) is 48.0 Å². The third-order valence-electron chi connectivity index (χ3n) is 3.22. The molecule has 0 radical (unpaired) electrons. The summed E-state index contributed by atoms with van der Waals surface area (Å²) in [5.74, 6) is -0.391. The van der Waals surface area contributed by atoms with E-state index in [1.54, 1.807) is 30.3 Å². The zero-order valence-corrected chi connectivity index (χ0v) is 14.3. The van der Waals surface area contributed by atoms with E-state index in [0.717, 1.165) is 10.0 Å². The first kappa shape index (κ1) is 16.1. The van der Waals surface area contributed by atoms with Gasteiger partial charge in [-0.25, -0.2) is 9.79 Å². The highest BCUT2D eigenvalue weighted by atomic mass is 79.9. The number of carbonyl (C=O) groups is 2. The van der Waals surface area contributed by atoms with Crippen LogP contribution < -0.4 is 5.32 Å². The van der Waals surface area contributed by atoms with Gasteiger partial charge < -0.3 is 10.1 Å². The second kappa shape index (κ2) is 6.80. The summed E-state index contributed by atoms with van der Waals surface area (Å²) < 4.78 is 6.14. The lowest BCUT2D eigenvalue weighted by Gasteiger charge is -2.03. The third kappa shape index (κ3) is 3.78. The number of amides is 1. The molecular weight excluding hydrogens is 372 g/mol. The number of esters is 1. The molecule has 1 N–H and O–H groups in total. The highest BCUT2D eigenvalue weighted by molar-refractivity contribution is 9.10. The number of hydrogen-bond acceptors (Lipinski definition) is 4. The van der Waals surface area contributed by atoms with E-state index in [1.165, 1.54) is 6.92 Å². The second-order valence-electron chi connectivity index (χ2n) is 5.15. The fraction of sp³-hybridized carbons (Fsp3) is 0.0556. The van der Waals surface area contributed by atoms with E-state index in [0.29, 0.717) is 11.3 Å². The van der Waals surface area contributed by atoms with Crippen molar-refractivity contribution in [3.63, 3.8) is 0 Å². The predicted octanol–water partition coefficient (Wildman–Crippen LogP) is 3.75. The van der Waals surface area contributed by atoms with Crippen LogP contribution in [0.15, 0.2) is 63.7 Å². The van der Waals surface area contributed by atoms with Crippen molar-refractivity contribution in [3.8, 4) is 0 Å². The largest absolute Gasteiger partial charge is 0.402 e. The molecule has 0 atom stereocenters. The minimum Gasteiger partial charge on any atom is -0.402 e. The van der Waals surface area contributed by atoms with Crippen LogP contribution in [0.1, 0.15) is 18.1 Å². The van der Waals surface area contributed by atoms with Crippen LogP contribution in [-0.4, -0.2) is 17.8 Å². The fourth-order valence-corrected chi connectivity index (χ4v) is 2.60. The summed E-state index contributed by atoms with van der Waals surface area (Å²) in [6, 6.07) is 14.5. The Morgan fingerprint density at radius 3 is 2.62 bits per heavy atom. The normalized spacial score (nSPS) is 15.2. The van der Waals surface area contributed by atoms with E-state index in [-0.39, 0.29) is 17.5 Å². The summed E-state index contributed by atoms with van der Waals surface area (Å²) in [5.41, 5.74) is 2.42. The molecule has 5 nitrogen and oxygen atoms in total. The zero-order valence-electron chi connectivity index (χ0n) is 12.7. The standard InChI is InChI=1S/C18H13BrN2O3/c1-11(22)20-15-7-5-13(6-8-15)17-21-16(18(23)24-17)10-12-3-2-4-14(19)9-12/h2-10H,1H3,(H,20,22)/b16-10-. The number of nitrogens with zero attached hydrogens (tertiary/aromatic N) is 1. The Labute approximate surface area is 147 Å². The third-order valence-corrected chi connectivity index (χ3v) is 3.72. The molecule has 6 heteroatoms. The van der Waals surface area contributed by atoms with Gasteiger partial charge in [0.1, 0.15) is 0 Å². The number of nitrogens with one attached hydrogen (secondary N) is 1. The smallest absolute Gasteiger partial charge is 0.363 e. The van der Waals surface area contributed by atoms with Gasteiger partial charge >= 0.3 is 5.97 Å². The maximum atomic E-state index is 12.0. The SMILES string of the molecule is CC(=O)Nc1ccc(C2=N/C(=C\c3cccc(Br)c3)C(=O)O2)cc1. The lowest BCUT2D eigenvalue weighted by molar-refractivity contribution is -0.129. The van der Waals surface area contributed by atoms with Crippen molar-refractivity contribution in [3.05, 3.63) is 69.8 Å². The monoisotopic (exact) mass is 384 g/mol. The van der Waals surface area contributed by atoms with Crippen LogP contribution in [0, 0.1) is 0 Å². The lowest BCUT2D eigenvalue weighted by atomic mass is 10.2. The molecule has 3 rings (SSSR count). The number of hydrogen-bond donors (Lipinski definition) is 1. The maximum Gasteiger partial charge on any atom is 0.363 e. The van der Waals surface area contributed by atoms with Crippen molar-refractivity contribution < 1.29 is 14.3 Å². The van der Waals surface area contributed by atoms with Crippen molar-refractivity contribution >= 4 is 45.5 Å². The summed E-state index contributed by atoms with van der Waals surface area (Å²) in [6.45, 7) is 1.44. The van der Waals surface area contributed by atoms with Crippen LogP contribution in [0.5, 0.6) is 0 Å². The molecule has 0 bridgehead atoms. The van der Waals surface area contributed by atoms with Crippen molar-refractivity contribution in [2.75, 3.05) is 5.32 Å². The molecule has 1 heterocycles. The van der Waals surface area contributed by atoms with E-state index in [1.807, 2.05) is 24.3 Å². The van der Waals surface area contributed by atoms with Gasteiger partial charge in [0.2, 0.25) is 11.8 Å². The summed E-state index contributed by atoms with van der Waals surface area (Å²) in [4.78, 5) is 27.3. The van der Waals surface area contributed by atoms with Gasteiger partial charge in [0.25, 0.3) is 0 Å². The number of ether oxygens (including phenoxy) is 1. The Morgan fingerprint density at radius 1 is 1.21 bits per heavy atom. The Balaban J connectivity index is 1.85. The first-order chi connectivity index (χ1) is 11.5. The van der Waals surface area contributed by atoms with Crippen molar-refractivity contribution in [2.24, 2.45) is 4.99 Å². The van der Waals surface area contributed by atoms with Gasteiger partial charge in [-0.15, -0.1) is 0 Å². The number of cyclic esters (lactones) is 1. The Bertz CT molecular complexity index is 870. The van der Waals surface area contributed by atoms with Crippen LogP contribution in [0.3, 0.4) is 0 Å². The Kier molecular flexibility index (Phi) is 4.57. The first-order valence-electron chi connectivity index (χ1n) is 7.17. The number of aliphatic imine (C=N–C) groups is 1. The lowest BCUT2D eigenvalue weighted by Crippen LogP contribution is -2.07. The average Bonchev–Trinajstić information content (AvgIpc) is 2.88. The van der Waals surface area contributed by atoms with E-state index < -0.39 is 5.97 Å². The van der Waals surface area contributed by atoms with Crippen molar-refractivity contribution in [2.45, 2.75) is 6.92 Å². The van der Waals surface area contributed by atoms with Crippen LogP contribution in [0.4, 0.5) is 5.69 Å². The first-order valence-corrected chi connectivity index (χ1v) is 7.97. The van der Waals surface area contributed by atoms with Crippen LogP contribution in [-0.2, 0) is 14.3 Å². The number of benzene rings is 2. The van der Waals surface area contributed by atoms with E-state index in [4.69, 9.17) is 4.74 Å². The number of anilines is 1. The molecule has 0 spiro atoms. The quantitative estimate of drug-likeness (QED) is 0.647. The number of carbonyl (C=O) groups excluding carboxylic acids is 2. The second-order valence-corrected chi connectivity index (χ2v) is 6.07. The zero-order chi connectivity index (χ0) is 17.1. The number of halogens is 1. The maximum absolute atomic E-state index is 12.0. The van der Waals surface area contributed by atoms with Gasteiger partial charge in [0.15, 0.2) is 5.70 Å². The Hall–Kier alpha value is -2.73. The van der Waals surface area contributed by atoms with Gasteiger partial charge in [-0.1, -0.05) is 28.1 Å². The molecule has 120 valence electrons. The summed E-state index contributed by atoms with van der Waals surface area (Å²) in [6.07, 6.45) is 1.67. The predicted molar refractivity (Wildman–Crippen MR) is 95.5 cm³/mol. The summed E-state index contributed by atoms with van der Waals surface area (Å²) in [5, 5.41) is 2.68. The molecule has 2 aromatic rings. The van der Waals surface area contributed by atoms with Crippen LogP contribution in [0.2, 0.25) is 0 Å². The van der Waals surface area contributed by atoms with Gasteiger partial charge in [-0.2, -0.15) is 0 Å². The molecule has 0 aromatic heterocycles. The molecule has 0 saturated heterocycles. The number of rotatable bonds is 3. The molecule has 0 unspecified atom stereocenters. The van der Waals surface area contributed by atoms with Crippen molar-refractivity contribution in [1.29, 1.82) is 0 Å². The van der Waals surface area contributed by atoms with Gasteiger partial charge in [-0.3, -0.25) is 4.79 Å². The van der Waals surface area contributed by atoms with Crippen molar-refractivity contribution in [1.82, 2.24) is 0 Å². The Morgan fingerprint density at radius 2 is 1.96 bits per heavy atom. The highest BCUT2D eigenvalue weighted by Gasteiger charge is 2.24. The summed E-state index contributed by atoms with van der Waals surface area (Å²) in [7, 11) is 0. The molecule has 0 aliphatic carbocycles. The van der Waals surface area contributed by atoms with Gasteiger partial charge in [0.05, 0.1) is 0 Å². The molecule has 2 aromatic carbocycles. The minimum atomic E-state index is -0.490.